The minimum Gasteiger partial charge on any atom is -0.502 e. The first-order chi connectivity index (χ1) is 10.0. The summed E-state index contributed by atoms with van der Waals surface area (Å²) in [4.78, 5) is 22.2. The molecule has 0 aliphatic carbocycles. The molecule has 0 aromatic heterocycles. The number of anilines is 1. The van der Waals surface area contributed by atoms with Gasteiger partial charge < -0.3 is 15.2 Å². The van der Waals surface area contributed by atoms with Crippen molar-refractivity contribution in [3.8, 4) is 11.5 Å². The zero-order valence-electron chi connectivity index (χ0n) is 11.1. The number of amides is 1. The molecule has 0 saturated carbocycles. The van der Waals surface area contributed by atoms with E-state index < -0.39 is 22.3 Å². The third-order valence-corrected chi connectivity index (χ3v) is 2.79. The summed E-state index contributed by atoms with van der Waals surface area (Å²) in [6.07, 6.45) is 0. The van der Waals surface area contributed by atoms with Crippen LogP contribution in [0.5, 0.6) is 11.5 Å². The van der Waals surface area contributed by atoms with Crippen LogP contribution in [0.3, 0.4) is 0 Å². The third-order valence-electron chi connectivity index (χ3n) is 2.79. The summed E-state index contributed by atoms with van der Waals surface area (Å²) >= 11 is 0. The van der Waals surface area contributed by atoms with Gasteiger partial charge in [0.05, 0.1) is 12.0 Å². The summed E-state index contributed by atoms with van der Waals surface area (Å²) in [5.74, 6) is -0.610. The van der Waals surface area contributed by atoms with Crippen LogP contribution in [0.15, 0.2) is 42.5 Å². The maximum absolute atomic E-state index is 12.1. The molecule has 0 spiro atoms. The molecule has 2 rings (SSSR count). The summed E-state index contributed by atoms with van der Waals surface area (Å²) in [6, 6.07) is 10.3. The van der Waals surface area contributed by atoms with Crippen LogP contribution in [0, 0.1) is 10.1 Å². The van der Waals surface area contributed by atoms with Crippen LogP contribution in [-0.2, 0) is 0 Å². The summed E-state index contributed by atoms with van der Waals surface area (Å²) in [5, 5.41) is 23.0. The Morgan fingerprint density at radius 1 is 1.24 bits per heavy atom. The quantitative estimate of drug-likeness (QED) is 0.665. The summed E-state index contributed by atoms with van der Waals surface area (Å²) in [7, 11) is 1.52. The predicted molar refractivity (Wildman–Crippen MR) is 75.7 cm³/mol. The number of phenols is 1. The number of carbonyl (C=O) groups excluding carboxylic acids is 1. The smallest absolute Gasteiger partial charge is 0.323 e. The number of methoxy groups -OCH3 is 1. The third kappa shape index (κ3) is 3.08. The largest absolute Gasteiger partial charge is 0.502 e. The van der Waals surface area contributed by atoms with Crippen LogP contribution < -0.4 is 10.1 Å². The Hall–Kier alpha value is -3.09. The number of nitro benzene ring substituents is 1. The highest BCUT2D eigenvalue weighted by atomic mass is 16.6. The average molecular weight is 288 g/mol. The number of rotatable bonds is 4. The standard InChI is InChI=1S/C14H12N2O5/c1-21-10-7-5-9(6-8-10)15-14(18)11-3-2-4-12(17)13(11)16(19)20/h2-8,17H,1H3,(H,15,18). The average Bonchev–Trinajstić information content (AvgIpc) is 2.47. The number of carbonyl (C=O) groups is 1. The van der Waals surface area contributed by atoms with Crippen LogP contribution in [0.25, 0.3) is 0 Å². The molecule has 0 aliphatic rings. The van der Waals surface area contributed by atoms with Gasteiger partial charge in [-0.15, -0.1) is 0 Å². The molecular formula is C14H12N2O5. The first-order valence-electron chi connectivity index (χ1n) is 5.94. The lowest BCUT2D eigenvalue weighted by Gasteiger charge is -2.07. The van der Waals surface area contributed by atoms with E-state index >= 15 is 0 Å². The van der Waals surface area contributed by atoms with Crippen LogP contribution >= 0.6 is 0 Å². The van der Waals surface area contributed by atoms with Gasteiger partial charge in [0, 0.05) is 5.69 Å². The molecule has 0 saturated heterocycles. The number of nitrogens with zero attached hydrogens (tertiary/aromatic N) is 1. The molecule has 0 atom stereocenters. The molecule has 0 radical (unpaired) electrons. The van der Waals surface area contributed by atoms with E-state index in [4.69, 9.17) is 4.74 Å². The number of hydrogen-bond donors (Lipinski definition) is 2. The molecule has 2 aromatic carbocycles. The van der Waals surface area contributed by atoms with Gasteiger partial charge in [-0.1, -0.05) is 6.07 Å². The first-order valence-corrected chi connectivity index (χ1v) is 5.94. The molecule has 108 valence electrons. The highest BCUT2D eigenvalue weighted by molar-refractivity contribution is 6.07. The van der Waals surface area contributed by atoms with Gasteiger partial charge in [0.2, 0.25) is 0 Å². The first kappa shape index (κ1) is 14.3. The molecule has 7 heteroatoms. The van der Waals surface area contributed by atoms with E-state index in [1.807, 2.05) is 0 Å². The molecule has 0 aliphatic heterocycles. The highest BCUT2D eigenvalue weighted by Gasteiger charge is 2.24. The fraction of sp³-hybridized carbons (Fsp3) is 0.0714. The number of benzene rings is 2. The lowest BCUT2D eigenvalue weighted by Crippen LogP contribution is -2.13. The Labute approximate surface area is 119 Å². The van der Waals surface area contributed by atoms with Crippen LogP contribution in [0.1, 0.15) is 10.4 Å². The second-order valence-electron chi connectivity index (χ2n) is 4.11. The second kappa shape index (κ2) is 5.91. The highest BCUT2D eigenvalue weighted by Crippen LogP contribution is 2.30. The number of hydrogen-bond acceptors (Lipinski definition) is 5. The number of para-hydroxylation sites is 1. The van der Waals surface area contributed by atoms with E-state index in [2.05, 4.69) is 5.32 Å². The maximum atomic E-state index is 12.1. The van der Waals surface area contributed by atoms with E-state index in [0.717, 1.165) is 6.07 Å². The lowest BCUT2D eigenvalue weighted by atomic mass is 10.1. The fourth-order valence-corrected chi connectivity index (χ4v) is 1.78. The Kier molecular flexibility index (Phi) is 4.03. The van der Waals surface area contributed by atoms with Gasteiger partial charge in [-0.25, -0.2) is 0 Å². The van der Waals surface area contributed by atoms with Crippen molar-refractivity contribution in [3.05, 3.63) is 58.1 Å². The van der Waals surface area contributed by atoms with Crippen molar-refractivity contribution in [3.63, 3.8) is 0 Å². The molecule has 0 heterocycles. The van der Waals surface area contributed by atoms with Crippen molar-refractivity contribution in [2.75, 3.05) is 12.4 Å². The summed E-state index contributed by atoms with van der Waals surface area (Å²) in [6.45, 7) is 0. The summed E-state index contributed by atoms with van der Waals surface area (Å²) < 4.78 is 4.99. The molecule has 2 aromatic rings. The van der Waals surface area contributed by atoms with Gasteiger partial charge in [0.25, 0.3) is 5.91 Å². The molecule has 1 amide bonds. The Morgan fingerprint density at radius 3 is 2.48 bits per heavy atom. The summed E-state index contributed by atoms with van der Waals surface area (Å²) in [5.41, 5.74) is -0.377. The number of aromatic hydroxyl groups is 1. The molecule has 2 N–H and O–H groups in total. The van der Waals surface area contributed by atoms with Crippen molar-refractivity contribution in [1.82, 2.24) is 0 Å². The Morgan fingerprint density at radius 2 is 1.90 bits per heavy atom. The minimum absolute atomic E-state index is 0.212. The lowest BCUT2D eigenvalue weighted by molar-refractivity contribution is -0.386. The monoisotopic (exact) mass is 288 g/mol. The Balaban J connectivity index is 2.28. The van der Waals surface area contributed by atoms with E-state index in [0.29, 0.717) is 11.4 Å². The number of phenolic OH excluding ortho intramolecular Hbond substituents is 1. The number of nitrogens with one attached hydrogen (secondary N) is 1. The van der Waals surface area contributed by atoms with E-state index in [1.165, 1.54) is 19.2 Å². The van der Waals surface area contributed by atoms with Crippen LogP contribution in [0.2, 0.25) is 0 Å². The van der Waals surface area contributed by atoms with Gasteiger partial charge in [0.15, 0.2) is 5.75 Å². The van der Waals surface area contributed by atoms with E-state index in [9.17, 15) is 20.0 Å². The zero-order chi connectivity index (χ0) is 15.4. The fourth-order valence-electron chi connectivity index (χ4n) is 1.78. The molecule has 0 fully saturated rings. The van der Waals surface area contributed by atoms with Crippen molar-refractivity contribution < 1.29 is 19.6 Å². The van der Waals surface area contributed by atoms with Crippen molar-refractivity contribution in [2.24, 2.45) is 0 Å². The minimum atomic E-state index is -0.793. The Bertz CT molecular complexity index is 682. The van der Waals surface area contributed by atoms with Gasteiger partial charge in [-0.3, -0.25) is 14.9 Å². The van der Waals surface area contributed by atoms with Gasteiger partial charge in [0.1, 0.15) is 11.3 Å². The van der Waals surface area contributed by atoms with Crippen molar-refractivity contribution in [1.29, 1.82) is 0 Å². The molecular weight excluding hydrogens is 276 g/mol. The molecule has 0 bridgehead atoms. The van der Waals surface area contributed by atoms with Crippen LogP contribution in [0.4, 0.5) is 11.4 Å². The second-order valence-corrected chi connectivity index (χ2v) is 4.11. The molecule has 7 nitrogen and oxygen atoms in total. The van der Waals surface area contributed by atoms with Gasteiger partial charge in [-0.05, 0) is 36.4 Å². The van der Waals surface area contributed by atoms with Gasteiger partial charge in [-0.2, -0.15) is 0 Å². The predicted octanol–water partition coefficient (Wildman–Crippen LogP) is 2.56. The van der Waals surface area contributed by atoms with Crippen LogP contribution in [-0.4, -0.2) is 23.0 Å². The zero-order valence-corrected chi connectivity index (χ0v) is 11.1. The number of nitro groups is 1. The number of ether oxygens (including phenoxy) is 1. The molecule has 21 heavy (non-hydrogen) atoms. The maximum Gasteiger partial charge on any atom is 0.323 e. The van der Waals surface area contributed by atoms with E-state index in [1.54, 1.807) is 24.3 Å². The molecule has 0 unspecified atom stereocenters. The topological polar surface area (TPSA) is 102 Å². The SMILES string of the molecule is COc1ccc(NC(=O)c2cccc(O)c2[N+](=O)[O-])cc1. The normalized spacial score (nSPS) is 9.95. The van der Waals surface area contributed by atoms with Gasteiger partial charge >= 0.3 is 5.69 Å². The van der Waals surface area contributed by atoms with Crippen molar-refractivity contribution in [2.45, 2.75) is 0 Å². The van der Waals surface area contributed by atoms with E-state index in [-0.39, 0.29) is 5.56 Å². The van der Waals surface area contributed by atoms with Crippen molar-refractivity contribution >= 4 is 17.3 Å².